The van der Waals surface area contributed by atoms with E-state index in [1.54, 1.807) is 0 Å². The van der Waals surface area contributed by atoms with Crippen LogP contribution < -0.4 is 5.32 Å². The number of rotatable bonds is 7. The molecule has 96 valence electrons. The van der Waals surface area contributed by atoms with Crippen molar-refractivity contribution in [1.29, 1.82) is 0 Å². The summed E-state index contributed by atoms with van der Waals surface area (Å²) in [5.74, 6) is 0. The molecule has 0 bridgehead atoms. The van der Waals surface area contributed by atoms with Gasteiger partial charge in [-0.2, -0.15) is 11.8 Å². The van der Waals surface area contributed by atoms with Gasteiger partial charge in [0.05, 0.1) is 12.7 Å². The molecule has 0 radical (unpaired) electrons. The van der Waals surface area contributed by atoms with E-state index in [9.17, 15) is 0 Å². The summed E-state index contributed by atoms with van der Waals surface area (Å²) in [6.07, 6.45) is 5.98. The van der Waals surface area contributed by atoms with E-state index in [1.165, 1.54) is 12.8 Å². The fourth-order valence-electron chi connectivity index (χ4n) is 1.98. The van der Waals surface area contributed by atoms with Gasteiger partial charge in [0.25, 0.3) is 0 Å². The maximum absolute atomic E-state index is 5.50. The predicted molar refractivity (Wildman–Crippen MR) is 70.0 cm³/mol. The van der Waals surface area contributed by atoms with Crippen LogP contribution in [0.1, 0.15) is 33.1 Å². The maximum Gasteiger partial charge on any atom is 0.147 e. The SMILES string of the molecule is CCC(CC)(CNCC1CCOCO1)SC. The first-order chi connectivity index (χ1) is 7.76. The summed E-state index contributed by atoms with van der Waals surface area (Å²) in [6, 6.07) is 0. The fraction of sp³-hybridized carbons (Fsp3) is 1.00. The minimum absolute atomic E-state index is 0.335. The second-order valence-corrected chi connectivity index (χ2v) is 5.60. The zero-order valence-electron chi connectivity index (χ0n) is 10.8. The second kappa shape index (κ2) is 7.54. The molecule has 1 aliphatic rings. The third kappa shape index (κ3) is 4.24. The first kappa shape index (κ1) is 14.3. The lowest BCUT2D eigenvalue weighted by Gasteiger charge is -2.31. The standard InChI is InChI=1S/C12H25NO2S/c1-4-12(5-2,16-3)9-13-8-11-6-7-14-10-15-11/h11,13H,4-10H2,1-3H3. The van der Waals surface area contributed by atoms with E-state index in [4.69, 9.17) is 9.47 Å². The number of thioether (sulfide) groups is 1. The highest BCUT2D eigenvalue weighted by molar-refractivity contribution is 8.00. The lowest BCUT2D eigenvalue weighted by molar-refractivity contribution is -0.137. The lowest BCUT2D eigenvalue weighted by atomic mass is 10.0. The van der Waals surface area contributed by atoms with Crippen LogP contribution in [0.15, 0.2) is 0 Å². The molecule has 0 saturated carbocycles. The van der Waals surface area contributed by atoms with Gasteiger partial charge in [-0.25, -0.2) is 0 Å². The van der Waals surface area contributed by atoms with Crippen molar-refractivity contribution in [2.75, 3.05) is 32.7 Å². The Morgan fingerprint density at radius 3 is 2.62 bits per heavy atom. The van der Waals surface area contributed by atoms with Crippen LogP contribution in [0.5, 0.6) is 0 Å². The van der Waals surface area contributed by atoms with E-state index in [2.05, 4.69) is 25.4 Å². The van der Waals surface area contributed by atoms with Gasteiger partial charge in [-0.15, -0.1) is 0 Å². The van der Waals surface area contributed by atoms with Crippen molar-refractivity contribution >= 4 is 11.8 Å². The summed E-state index contributed by atoms with van der Waals surface area (Å²) < 4.78 is 11.1. The molecule has 0 aromatic heterocycles. The minimum Gasteiger partial charge on any atom is -0.355 e. The van der Waals surface area contributed by atoms with Gasteiger partial charge in [0.2, 0.25) is 0 Å². The van der Waals surface area contributed by atoms with E-state index >= 15 is 0 Å². The molecule has 0 aromatic carbocycles. The van der Waals surface area contributed by atoms with Crippen molar-refractivity contribution in [3.63, 3.8) is 0 Å². The van der Waals surface area contributed by atoms with Gasteiger partial charge in [0.1, 0.15) is 6.79 Å². The highest BCUT2D eigenvalue weighted by Crippen LogP contribution is 2.29. The van der Waals surface area contributed by atoms with Crippen LogP contribution in [0.4, 0.5) is 0 Å². The van der Waals surface area contributed by atoms with Crippen LogP contribution in [0.3, 0.4) is 0 Å². The van der Waals surface area contributed by atoms with Gasteiger partial charge in [0.15, 0.2) is 0 Å². The molecule has 0 aromatic rings. The molecule has 0 aliphatic carbocycles. The Hall–Kier alpha value is 0.230. The fourth-order valence-corrected chi connectivity index (χ4v) is 2.81. The minimum atomic E-state index is 0.335. The van der Waals surface area contributed by atoms with Gasteiger partial charge in [-0.05, 0) is 25.5 Å². The third-order valence-electron chi connectivity index (χ3n) is 3.51. The maximum atomic E-state index is 5.50. The monoisotopic (exact) mass is 247 g/mol. The first-order valence-corrected chi connectivity index (χ1v) is 7.44. The summed E-state index contributed by atoms with van der Waals surface area (Å²) >= 11 is 1.98. The Morgan fingerprint density at radius 1 is 1.38 bits per heavy atom. The van der Waals surface area contributed by atoms with Crippen LogP contribution in [-0.2, 0) is 9.47 Å². The quantitative estimate of drug-likeness (QED) is 0.747. The van der Waals surface area contributed by atoms with Crippen molar-refractivity contribution in [2.45, 2.75) is 44.0 Å². The molecular formula is C12H25NO2S. The number of hydrogen-bond donors (Lipinski definition) is 1. The van der Waals surface area contributed by atoms with Gasteiger partial charge in [0, 0.05) is 17.8 Å². The first-order valence-electron chi connectivity index (χ1n) is 6.21. The predicted octanol–water partition coefficient (Wildman–Crippen LogP) is 2.26. The van der Waals surface area contributed by atoms with Crippen LogP contribution in [-0.4, -0.2) is 43.6 Å². The average molecular weight is 247 g/mol. The largest absolute Gasteiger partial charge is 0.355 e. The van der Waals surface area contributed by atoms with Gasteiger partial charge in [-0.1, -0.05) is 13.8 Å². The summed E-state index contributed by atoms with van der Waals surface area (Å²) in [6.45, 7) is 7.86. The number of nitrogens with one attached hydrogen (secondary N) is 1. The summed E-state index contributed by atoms with van der Waals surface area (Å²) in [4.78, 5) is 0. The van der Waals surface area contributed by atoms with Crippen LogP contribution in [0.2, 0.25) is 0 Å². The topological polar surface area (TPSA) is 30.5 Å². The van der Waals surface area contributed by atoms with E-state index in [1.807, 2.05) is 11.8 Å². The number of ether oxygens (including phenoxy) is 2. The molecule has 1 unspecified atom stereocenters. The Morgan fingerprint density at radius 2 is 2.12 bits per heavy atom. The molecule has 1 N–H and O–H groups in total. The molecule has 16 heavy (non-hydrogen) atoms. The summed E-state index contributed by atoms with van der Waals surface area (Å²) in [7, 11) is 0. The zero-order valence-corrected chi connectivity index (χ0v) is 11.6. The van der Waals surface area contributed by atoms with Crippen LogP contribution >= 0.6 is 11.8 Å². The highest BCUT2D eigenvalue weighted by Gasteiger charge is 2.24. The van der Waals surface area contributed by atoms with E-state index in [0.717, 1.165) is 26.1 Å². The normalized spacial score (nSPS) is 22.3. The summed E-state index contributed by atoms with van der Waals surface area (Å²) in [5, 5.41) is 3.55. The molecule has 3 nitrogen and oxygen atoms in total. The Labute approximate surface area is 104 Å². The van der Waals surface area contributed by atoms with Crippen LogP contribution in [0, 0.1) is 0 Å². The van der Waals surface area contributed by atoms with E-state index < -0.39 is 0 Å². The second-order valence-electron chi connectivity index (χ2n) is 4.33. The van der Waals surface area contributed by atoms with Crippen molar-refractivity contribution in [2.24, 2.45) is 0 Å². The molecule has 1 atom stereocenters. The molecule has 0 spiro atoms. The van der Waals surface area contributed by atoms with E-state index in [0.29, 0.717) is 17.6 Å². The van der Waals surface area contributed by atoms with Gasteiger partial charge in [-0.3, -0.25) is 0 Å². The molecule has 0 amide bonds. The van der Waals surface area contributed by atoms with Gasteiger partial charge < -0.3 is 14.8 Å². The molecule has 1 saturated heterocycles. The molecule has 4 heteroatoms. The average Bonchev–Trinajstić information content (AvgIpc) is 2.37. The molecule has 1 fully saturated rings. The number of hydrogen-bond acceptors (Lipinski definition) is 4. The van der Waals surface area contributed by atoms with Crippen molar-refractivity contribution in [3.8, 4) is 0 Å². The van der Waals surface area contributed by atoms with Crippen LogP contribution in [0.25, 0.3) is 0 Å². The van der Waals surface area contributed by atoms with Crippen molar-refractivity contribution < 1.29 is 9.47 Å². The third-order valence-corrected chi connectivity index (χ3v) is 5.10. The smallest absolute Gasteiger partial charge is 0.147 e. The van der Waals surface area contributed by atoms with Gasteiger partial charge >= 0.3 is 0 Å². The Bertz CT molecular complexity index is 172. The molecular weight excluding hydrogens is 222 g/mol. The van der Waals surface area contributed by atoms with Crippen molar-refractivity contribution in [1.82, 2.24) is 5.32 Å². The highest BCUT2D eigenvalue weighted by atomic mass is 32.2. The Balaban J connectivity index is 2.21. The molecule has 1 heterocycles. The lowest BCUT2D eigenvalue weighted by Crippen LogP contribution is -2.41. The summed E-state index contributed by atoms with van der Waals surface area (Å²) in [5.41, 5.74) is 0. The molecule has 1 aliphatic heterocycles. The van der Waals surface area contributed by atoms with E-state index in [-0.39, 0.29) is 0 Å². The molecule has 1 rings (SSSR count). The zero-order chi connectivity index (χ0) is 11.9. The Kier molecular flexibility index (Phi) is 6.73. The van der Waals surface area contributed by atoms with Crippen molar-refractivity contribution in [3.05, 3.63) is 0 Å².